The van der Waals surface area contributed by atoms with E-state index in [1.807, 2.05) is 12.1 Å². The number of fused-ring (bicyclic) bond motifs is 14. The van der Waals surface area contributed by atoms with Crippen LogP contribution in [0.5, 0.6) is 0 Å². The highest BCUT2D eigenvalue weighted by molar-refractivity contribution is 6.33. The molecule has 0 bridgehead atoms. The first-order valence-electron chi connectivity index (χ1n) is 17.3. The van der Waals surface area contributed by atoms with Crippen LogP contribution in [0.4, 0.5) is 17.1 Å². The summed E-state index contributed by atoms with van der Waals surface area (Å²) in [4.78, 5) is 2.40. The zero-order valence-corrected chi connectivity index (χ0v) is 27.7. The minimum atomic E-state index is -0.112. The van der Waals surface area contributed by atoms with E-state index in [1.54, 1.807) is 0 Å². The zero-order valence-electron chi connectivity index (χ0n) is 27.7. The molecule has 10 aromatic rings. The third kappa shape index (κ3) is 3.69. The smallest absolute Gasteiger partial charge is 0.147 e. The molecule has 8 aromatic carbocycles. The Bertz CT molecular complexity index is 3030. The third-order valence-corrected chi connectivity index (χ3v) is 11.0. The lowest BCUT2D eigenvalue weighted by Gasteiger charge is -2.28. The summed E-state index contributed by atoms with van der Waals surface area (Å²) in [5.74, 6) is 0. The summed E-state index contributed by atoms with van der Waals surface area (Å²) in [5.41, 5.74) is 12.0. The standard InChI is InChI=1S/C47H31NO2/c1-47(2)39-17-9-7-13-33(39)34-23-21-32(27-40(34)47)48(30-20-19-28-11-3-4-12-29(28)25-30)31-22-24-42-38(26-31)43-35-14-5-6-15-36(35)45-44(46(43)50-42)37-16-8-10-18-41(37)49-45/h3-27H,1-2H3. The van der Waals surface area contributed by atoms with Gasteiger partial charge < -0.3 is 13.7 Å². The highest BCUT2D eigenvalue weighted by Gasteiger charge is 2.35. The highest BCUT2D eigenvalue weighted by atomic mass is 16.3. The Hall–Kier alpha value is -6.32. The van der Waals surface area contributed by atoms with Crippen LogP contribution < -0.4 is 4.90 Å². The Kier molecular flexibility index (Phi) is 5.45. The van der Waals surface area contributed by atoms with Gasteiger partial charge >= 0.3 is 0 Å². The molecule has 0 atom stereocenters. The van der Waals surface area contributed by atoms with Gasteiger partial charge in [-0.15, -0.1) is 0 Å². The molecule has 0 radical (unpaired) electrons. The minimum absolute atomic E-state index is 0.112. The predicted molar refractivity (Wildman–Crippen MR) is 208 cm³/mol. The first kappa shape index (κ1) is 27.6. The summed E-state index contributed by atoms with van der Waals surface area (Å²) >= 11 is 0. The summed E-state index contributed by atoms with van der Waals surface area (Å²) < 4.78 is 13.3. The normalized spacial score (nSPS) is 13.6. The molecular weight excluding hydrogens is 611 g/mol. The molecule has 0 amide bonds. The SMILES string of the molecule is CC1(C)c2ccccc2-c2ccc(N(c3ccc4ccccc4c3)c3ccc4oc5c(c4c3)c3ccccc3c3oc4ccccc4c35)cc21. The van der Waals surface area contributed by atoms with Gasteiger partial charge in [0.15, 0.2) is 0 Å². The van der Waals surface area contributed by atoms with Gasteiger partial charge in [-0.1, -0.05) is 117 Å². The van der Waals surface area contributed by atoms with Crippen LogP contribution in [-0.2, 0) is 5.41 Å². The molecule has 0 saturated carbocycles. The van der Waals surface area contributed by atoms with Crippen LogP contribution >= 0.6 is 0 Å². The van der Waals surface area contributed by atoms with Crippen LogP contribution in [0.3, 0.4) is 0 Å². The summed E-state index contributed by atoms with van der Waals surface area (Å²) in [6, 6.07) is 54.6. The number of anilines is 3. The summed E-state index contributed by atoms with van der Waals surface area (Å²) in [5, 5.41) is 8.93. The number of benzene rings is 8. The number of nitrogens with zero attached hydrogens (tertiary/aromatic N) is 1. The highest BCUT2D eigenvalue weighted by Crippen LogP contribution is 2.51. The lowest BCUT2D eigenvalue weighted by molar-refractivity contribution is 0.660. The molecule has 236 valence electrons. The molecule has 2 aromatic heterocycles. The number of para-hydroxylation sites is 1. The van der Waals surface area contributed by atoms with Crippen molar-refractivity contribution in [2.24, 2.45) is 0 Å². The zero-order chi connectivity index (χ0) is 33.1. The second-order valence-electron chi connectivity index (χ2n) is 14.1. The van der Waals surface area contributed by atoms with Crippen molar-refractivity contribution in [3.63, 3.8) is 0 Å². The Morgan fingerprint density at radius 1 is 0.420 bits per heavy atom. The van der Waals surface area contributed by atoms with E-state index in [0.29, 0.717) is 0 Å². The van der Waals surface area contributed by atoms with Crippen molar-refractivity contribution in [1.82, 2.24) is 0 Å². The molecule has 3 nitrogen and oxygen atoms in total. The lowest BCUT2D eigenvalue weighted by Crippen LogP contribution is -2.16. The van der Waals surface area contributed by atoms with E-state index in [1.165, 1.54) is 33.0 Å². The monoisotopic (exact) mass is 641 g/mol. The summed E-state index contributed by atoms with van der Waals surface area (Å²) in [6.07, 6.45) is 0. The first-order valence-corrected chi connectivity index (χ1v) is 17.3. The van der Waals surface area contributed by atoms with E-state index in [9.17, 15) is 0 Å². The number of rotatable bonds is 3. The fourth-order valence-corrected chi connectivity index (χ4v) is 8.62. The number of hydrogen-bond acceptors (Lipinski definition) is 3. The Morgan fingerprint density at radius 3 is 1.94 bits per heavy atom. The van der Waals surface area contributed by atoms with Crippen molar-refractivity contribution in [1.29, 1.82) is 0 Å². The topological polar surface area (TPSA) is 29.5 Å². The van der Waals surface area contributed by atoms with Crippen molar-refractivity contribution < 1.29 is 8.83 Å². The maximum Gasteiger partial charge on any atom is 0.147 e. The molecule has 0 spiro atoms. The summed E-state index contributed by atoms with van der Waals surface area (Å²) in [6.45, 7) is 4.69. The van der Waals surface area contributed by atoms with Crippen molar-refractivity contribution >= 4 is 82.5 Å². The van der Waals surface area contributed by atoms with E-state index in [4.69, 9.17) is 8.83 Å². The quantitative estimate of drug-likeness (QED) is 0.192. The fraction of sp³-hybridized carbons (Fsp3) is 0.0638. The molecule has 1 aliphatic carbocycles. The Morgan fingerprint density at radius 2 is 1.04 bits per heavy atom. The predicted octanol–water partition coefficient (Wildman–Crippen LogP) is 13.6. The van der Waals surface area contributed by atoms with E-state index in [2.05, 4.69) is 158 Å². The van der Waals surface area contributed by atoms with E-state index >= 15 is 0 Å². The van der Waals surface area contributed by atoms with Crippen molar-refractivity contribution in [3.05, 3.63) is 163 Å². The van der Waals surface area contributed by atoms with E-state index in [0.717, 1.165) is 71.7 Å². The van der Waals surface area contributed by atoms with Crippen LogP contribution in [0.1, 0.15) is 25.0 Å². The molecular formula is C47H31NO2. The van der Waals surface area contributed by atoms with Gasteiger partial charge in [-0.2, -0.15) is 0 Å². The Labute approximate surface area is 288 Å². The van der Waals surface area contributed by atoms with Crippen LogP contribution in [0.15, 0.2) is 160 Å². The average Bonchev–Trinajstić information content (AvgIpc) is 3.80. The van der Waals surface area contributed by atoms with Crippen molar-refractivity contribution in [3.8, 4) is 11.1 Å². The molecule has 0 unspecified atom stereocenters. The second kappa shape index (κ2) is 9.87. The van der Waals surface area contributed by atoms with Crippen LogP contribution in [0.2, 0.25) is 0 Å². The molecule has 0 fully saturated rings. The lowest BCUT2D eigenvalue weighted by atomic mass is 9.82. The van der Waals surface area contributed by atoms with Crippen LogP contribution in [0, 0.1) is 0 Å². The molecule has 0 N–H and O–H groups in total. The van der Waals surface area contributed by atoms with Gasteiger partial charge in [-0.05, 0) is 86.9 Å². The van der Waals surface area contributed by atoms with Crippen LogP contribution in [-0.4, -0.2) is 0 Å². The molecule has 1 aliphatic rings. The Balaban J connectivity index is 1.20. The number of hydrogen-bond donors (Lipinski definition) is 0. The second-order valence-corrected chi connectivity index (χ2v) is 14.1. The third-order valence-electron chi connectivity index (χ3n) is 11.0. The van der Waals surface area contributed by atoms with Gasteiger partial charge in [-0.25, -0.2) is 0 Å². The summed E-state index contributed by atoms with van der Waals surface area (Å²) in [7, 11) is 0. The van der Waals surface area contributed by atoms with Crippen molar-refractivity contribution in [2.45, 2.75) is 19.3 Å². The van der Waals surface area contributed by atoms with Gasteiger partial charge in [0.1, 0.15) is 22.3 Å². The van der Waals surface area contributed by atoms with E-state index < -0.39 is 0 Å². The largest absolute Gasteiger partial charge is 0.455 e. The first-order chi connectivity index (χ1) is 24.5. The van der Waals surface area contributed by atoms with Crippen molar-refractivity contribution in [2.75, 3.05) is 4.90 Å². The van der Waals surface area contributed by atoms with Gasteiger partial charge in [0.05, 0.1) is 5.39 Å². The van der Waals surface area contributed by atoms with Gasteiger partial charge in [0.25, 0.3) is 0 Å². The maximum atomic E-state index is 6.79. The fourth-order valence-electron chi connectivity index (χ4n) is 8.62. The molecule has 11 rings (SSSR count). The molecule has 0 aliphatic heterocycles. The average molecular weight is 642 g/mol. The van der Waals surface area contributed by atoms with Crippen LogP contribution in [0.25, 0.3) is 76.5 Å². The molecule has 3 heteroatoms. The van der Waals surface area contributed by atoms with Gasteiger partial charge in [0.2, 0.25) is 0 Å². The van der Waals surface area contributed by atoms with E-state index in [-0.39, 0.29) is 5.41 Å². The maximum absolute atomic E-state index is 6.79. The molecule has 0 saturated heterocycles. The number of furan rings is 2. The molecule has 50 heavy (non-hydrogen) atoms. The van der Waals surface area contributed by atoms with Gasteiger partial charge in [-0.3, -0.25) is 0 Å². The minimum Gasteiger partial charge on any atom is -0.455 e. The molecule has 2 heterocycles. The van der Waals surface area contributed by atoms with Gasteiger partial charge in [0, 0.05) is 44.0 Å².